The molecule has 3 aromatic rings. The van der Waals surface area contributed by atoms with Crippen molar-refractivity contribution < 1.29 is 4.92 Å². The molecule has 0 spiro atoms. The summed E-state index contributed by atoms with van der Waals surface area (Å²) in [6.07, 6.45) is 3.55. The van der Waals surface area contributed by atoms with Crippen molar-refractivity contribution in [2.45, 2.75) is 25.2 Å². The molecule has 0 saturated heterocycles. The number of aromatic nitrogens is 1. The van der Waals surface area contributed by atoms with Crippen LogP contribution in [0.25, 0.3) is 10.9 Å². The third-order valence-corrected chi connectivity index (χ3v) is 4.51. The van der Waals surface area contributed by atoms with Crippen LogP contribution >= 0.6 is 0 Å². The molecule has 1 aromatic heterocycles. The predicted octanol–water partition coefficient (Wildman–Crippen LogP) is 4.53. The summed E-state index contributed by atoms with van der Waals surface area (Å²) >= 11 is 0. The highest BCUT2D eigenvalue weighted by Crippen LogP contribution is 2.40. The average molecular weight is 308 g/mol. The maximum absolute atomic E-state index is 11.5. The summed E-state index contributed by atoms with van der Waals surface area (Å²) in [5.41, 5.74) is 2.42. The van der Waals surface area contributed by atoms with Crippen molar-refractivity contribution in [2.75, 3.05) is 6.54 Å². The molecule has 23 heavy (non-hydrogen) atoms. The molecule has 118 valence electrons. The number of hydrogen-bond donors (Lipinski definition) is 1. The minimum absolute atomic E-state index is 0.104. The Hall–Kier alpha value is -2.62. The Bertz CT molecular complexity index is 810. The molecule has 1 atom stereocenters. The van der Waals surface area contributed by atoms with Crippen molar-refractivity contribution in [1.29, 1.82) is 0 Å². The lowest BCUT2D eigenvalue weighted by Gasteiger charge is -2.30. The third kappa shape index (κ3) is 2.72. The van der Waals surface area contributed by atoms with Gasteiger partial charge in [0.05, 0.1) is 5.41 Å². The van der Waals surface area contributed by atoms with Gasteiger partial charge in [-0.2, -0.15) is 0 Å². The van der Waals surface area contributed by atoms with E-state index in [0.29, 0.717) is 0 Å². The zero-order valence-electron chi connectivity index (χ0n) is 13.2. The molecule has 0 amide bonds. The Morgan fingerprint density at radius 1 is 1.09 bits per heavy atom. The standard InChI is InChI=1S/C19H20N2O2/c1-2-12-19(14-21(22)23,15-8-4-3-5-9-15)17-13-20-18-11-7-6-10-16(17)18/h3-11,13,20H,2,12,14H2,1H3/t19-/m1/s1. The first kappa shape index (κ1) is 15.3. The van der Waals surface area contributed by atoms with Gasteiger partial charge in [0.15, 0.2) is 0 Å². The Labute approximate surface area is 135 Å². The maximum atomic E-state index is 11.5. The van der Waals surface area contributed by atoms with Gasteiger partial charge in [-0.1, -0.05) is 61.9 Å². The largest absolute Gasteiger partial charge is 0.361 e. The summed E-state index contributed by atoms with van der Waals surface area (Å²) in [7, 11) is 0. The van der Waals surface area contributed by atoms with E-state index >= 15 is 0 Å². The molecular weight excluding hydrogens is 288 g/mol. The summed E-state index contributed by atoms with van der Waals surface area (Å²) in [6, 6.07) is 17.8. The van der Waals surface area contributed by atoms with E-state index in [9.17, 15) is 10.1 Å². The summed E-state index contributed by atoms with van der Waals surface area (Å²) in [6.45, 7) is 1.97. The number of fused-ring (bicyclic) bond motifs is 1. The number of benzene rings is 2. The monoisotopic (exact) mass is 308 g/mol. The second-order valence-corrected chi connectivity index (χ2v) is 5.94. The van der Waals surface area contributed by atoms with Gasteiger partial charge in [-0.05, 0) is 23.6 Å². The van der Waals surface area contributed by atoms with Crippen LogP contribution in [0.4, 0.5) is 0 Å². The van der Waals surface area contributed by atoms with Gasteiger partial charge in [0.2, 0.25) is 6.54 Å². The highest BCUT2D eigenvalue weighted by atomic mass is 16.6. The molecule has 4 heteroatoms. The molecule has 0 aliphatic carbocycles. The summed E-state index contributed by atoms with van der Waals surface area (Å²) in [5.74, 6) is 0. The molecule has 4 nitrogen and oxygen atoms in total. The zero-order valence-corrected chi connectivity index (χ0v) is 13.2. The molecule has 0 fully saturated rings. The highest BCUT2D eigenvalue weighted by molar-refractivity contribution is 5.85. The fourth-order valence-electron chi connectivity index (χ4n) is 3.56. The van der Waals surface area contributed by atoms with Crippen LogP contribution in [-0.4, -0.2) is 16.5 Å². The fourth-order valence-corrected chi connectivity index (χ4v) is 3.56. The Kier molecular flexibility index (Phi) is 4.15. The summed E-state index contributed by atoms with van der Waals surface area (Å²) < 4.78 is 0. The fraction of sp³-hybridized carbons (Fsp3) is 0.263. The smallest absolute Gasteiger partial charge is 0.217 e. The molecule has 0 aliphatic rings. The van der Waals surface area contributed by atoms with Crippen LogP contribution in [0.5, 0.6) is 0 Å². The van der Waals surface area contributed by atoms with E-state index in [4.69, 9.17) is 0 Å². The lowest BCUT2D eigenvalue weighted by Crippen LogP contribution is -2.35. The second-order valence-electron chi connectivity index (χ2n) is 5.94. The highest BCUT2D eigenvalue weighted by Gasteiger charge is 2.40. The first-order valence-corrected chi connectivity index (χ1v) is 7.91. The molecule has 0 aliphatic heterocycles. The van der Waals surface area contributed by atoms with Gasteiger partial charge in [0.1, 0.15) is 0 Å². The molecule has 0 unspecified atom stereocenters. The van der Waals surface area contributed by atoms with Crippen LogP contribution in [0.1, 0.15) is 30.9 Å². The van der Waals surface area contributed by atoms with Gasteiger partial charge in [-0.25, -0.2) is 0 Å². The first-order chi connectivity index (χ1) is 11.2. The number of hydrogen-bond acceptors (Lipinski definition) is 2. The number of nitrogens with one attached hydrogen (secondary N) is 1. The first-order valence-electron chi connectivity index (χ1n) is 7.91. The number of nitro groups is 1. The third-order valence-electron chi connectivity index (χ3n) is 4.51. The van der Waals surface area contributed by atoms with Gasteiger partial charge in [-0.3, -0.25) is 10.1 Å². The minimum Gasteiger partial charge on any atom is -0.361 e. The molecule has 0 radical (unpaired) electrons. The predicted molar refractivity (Wildman–Crippen MR) is 92.3 cm³/mol. The van der Waals surface area contributed by atoms with Gasteiger partial charge in [0.25, 0.3) is 0 Å². The van der Waals surface area contributed by atoms with E-state index in [1.54, 1.807) is 0 Å². The lowest BCUT2D eigenvalue weighted by atomic mass is 9.71. The second kappa shape index (κ2) is 6.24. The number of rotatable bonds is 6. The summed E-state index contributed by atoms with van der Waals surface area (Å²) in [4.78, 5) is 14.6. The lowest BCUT2D eigenvalue weighted by molar-refractivity contribution is -0.489. The van der Waals surface area contributed by atoms with Gasteiger partial charge in [-0.15, -0.1) is 0 Å². The Balaban J connectivity index is 2.27. The van der Waals surface area contributed by atoms with Crippen molar-refractivity contribution in [1.82, 2.24) is 4.98 Å². The van der Waals surface area contributed by atoms with E-state index in [1.165, 1.54) is 0 Å². The molecule has 1 heterocycles. The Morgan fingerprint density at radius 3 is 2.48 bits per heavy atom. The molecule has 0 saturated carbocycles. The van der Waals surface area contributed by atoms with E-state index in [1.807, 2.05) is 60.8 Å². The Morgan fingerprint density at radius 2 is 1.78 bits per heavy atom. The average Bonchev–Trinajstić information content (AvgIpc) is 2.99. The molecule has 1 N–H and O–H groups in total. The van der Waals surface area contributed by atoms with Crippen LogP contribution in [0.15, 0.2) is 60.8 Å². The minimum atomic E-state index is -0.612. The van der Waals surface area contributed by atoms with Crippen LogP contribution in [0.3, 0.4) is 0 Å². The van der Waals surface area contributed by atoms with Crippen molar-refractivity contribution >= 4 is 10.9 Å². The van der Waals surface area contributed by atoms with E-state index in [2.05, 4.69) is 11.9 Å². The SMILES string of the molecule is CCC[C@@](C[N+](=O)[O-])(c1ccccc1)c1c[nH]c2ccccc12. The topological polar surface area (TPSA) is 58.9 Å². The van der Waals surface area contributed by atoms with E-state index < -0.39 is 5.41 Å². The number of H-pyrrole nitrogens is 1. The molecule has 2 aromatic carbocycles. The number of para-hydroxylation sites is 1. The van der Waals surface area contributed by atoms with Crippen LogP contribution in [0, 0.1) is 10.1 Å². The van der Waals surface area contributed by atoms with Crippen molar-refractivity contribution in [3.05, 3.63) is 82.0 Å². The molecule has 3 rings (SSSR count). The maximum Gasteiger partial charge on any atom is 0.217 e. The normalized spacial score (nSPS) is 13.8. The molecular formula is C19H20N2O2. The van der Waals surface area contributed by atoms with Crippen molar-refractivity contribution in [3.63, 3.8) is 0 Å². The van der Waals surface area contributed by atoms with Gasteiger partial charge < -0.3 is 4.98 Å². The van der Waals surface area contributed by atoms with Crippen molar-refractivity contribution in [2.24, 2.45) is 0 Å². The van der Waals surface area contributed by atoms with E-state index in [0.717, 1.165) is 34.9 Å². The number of nitrogens with zero attached hydrogens (tertiary/aromatic N) is 1. The van der Waals surface area contributed by atoms with E-state index in [-0.39, 0.29) is 11.5 Å². The molecule has 0 bridgehead atoms. The van der Waals surface area contributed by atoms with Gasteiger partial charge in [0, 0.05) is 22.0 Å². The van der Waals surface area contributed by atoms with Gasteiger partial charge >= 0.3 is 0 Å². The van der Waals surface area contributed by atoms with Crippen LogP contribution < -0.4 is 0 Å². The number of aromatic amines is 1. The van der Waals surface area contributed by atoms with Crippen LogP contribution in [-0.2, 0) is 5.41 Å². The van der Waals surface area contributed by atoms with Crippen LogP contribution in [0.2, 0.25) is 0 Å². The van der Waals surface area contributed by atoms with Crippen molar-refractivity contribution in [3.8, 4) is 0 Å². The quantitative estimate of drug-likeness (QED) is 0.537. The zero-order chi connectivity index (χ0) is 16.3. The summed E-state index contributed by atoms with van der Waals surface area (Å²) in [5, 5.41) is 12.6.